The van der Waals surface area contributed by atoms with Crippen LogP contribution in [0.4, 0.5) is 0 Å². The van der Waals surface area contributed by atoms with Gasteiger partial charge in [-0.05, 0) is 13.8 Å². The van der Waals surface area contributed by atoms with Gasteiger partial charge in [-0.2, -0.15) is 0 Å². The maximum Gasteiger partial charge on any atom is 0.258 e. The van der Waals surface area contributed by atoms with E-state index in [-0.39, 0.29) is 5.91 Å². The van der Waals surface area contributed by atoms with Crippen LogP contribution >= 0.6 is 0 Å². The van der Waals surface area contributed by atoms with Gasteiger partial charge >= 0.3 is 0 Å². The number of hydrogen-bond acceptors (Lipinski definition) is 5. The van der Waals surface area contributed by atoms with Crippen molar-refractivity contribution in [1.82, 2.24) is 20.0 Å². The summed E-state index contributed by atoms with van der Waals surface area (Å²) < 4.78 is 12.4. The third-order valence-corrected chi connectivity index (χ3v) is 3.39. The number of ether oxygens (including phenoxy) is 2. The summed E-state index contributed by atoms with van der Waals surface area (Å²) in [5, 5.41) is 7.17. The molecule has 0 radical (unpaired) electrons. The Morgan fingerprint density at radius 1 is 1.43 bits per heavy atom. The average Bonchev–Trinajstić information content (AvgIpc) is 2.92. The van der Waals surface area contributed by atoms with Crippen molar-refractivity contribution in [2.75, 3.05) is 46.0 Å². The second-order valence-electron chi connectivity index (χ2n) is 4.85. The molecule has 7 heteroatoms. The molecule has 2 heterocycles. The van der Waals surface area contributed by atoms with Crippen LogP contribution in [0.2, 0.25) is 0 Å². The van der Waals surface area contributed by atoms with Crippen LogP contribution in [0.3, 0.4) is 0 Å². The van der Waals surface area contributed by atoms with Crippen LogP contribution in [-0.2, 0) is 11.3 Å². The normalized spacial score (nSPS) is 15.9. The summed E-state index contributed by atoms with van der Waals surface area (Å²) in [6.45, 7) is 9.89. The molecule has 0 aromatic carbocycles. The molecule has 1 aliphatic heterocycles. The second kappa shape index (κ2) is 7.99. The topological polar surface area (TPSA) is 68.6 Å². The van der Waals surface area contributed by atoms with E-state index >= 15 is 0 Å². The fourth-order valence-corrected chi connectivity index (χ4v) is 2.21. The lowest BCUT2D eigenvalue weighted by molar-refractivity contribution is 0.0383. The molecular weight excluding hydrogens is 272 g/mol. The van der Waals surface area contributed by atoms with Crippen LogP contribution in [0.1, 0.15) is 24.2 Å². The highest BCUT2D eigenvalue weighted by Gasteiger charge is 2.17. The van der Waals surface area contributed by atoms with Crippen LogP contribution < -0.4 is 10.1 Å². The molecular formula is C14H24N4O3. The first-order valence-electron chi connectivity index (χ1n) is 7.53. The van der Waals surface area contributed by atoms with Gasteiger partial charge in [0.1, 0.15) is 5.56 Å². The van der Waals surface area contributed by atoms with Gasteiger partial charge in [-0.25, -0.2) is 0 Å². The molecule has 0 atom stereocenters. The number of aryl methyl sites for hydroxylation is 1. The van der Waals surface area contributed by atoms with Gasteiger partial charge in [-0.15, -0.1) is 5.10 Å². The minimum absolute atomic E-state index is 0.133. The van der Waals surface area contributed by atoms with Crippen molar-refractivity contribution < 1.29 is 14.3 Å². The van der Waals surface area contributed by atoms with Crippen LogP contribution in [-0.4, -0.2) is 66.6 Å². The zero-order valence-electron chi connectivity index (χ0n) is 12.8. The summed E-state index contributed by atoms with van der Waals surface area (Å²) in [6, 6.07) is 0. The van der Waals surface area contributed by atoms with Gasteiger partial charge in [0.05, 0.1) is 19.8 Å². The highest BCUT2D eigenvalue weighted by atomic mass is 16.5. The number of morpholine rings is 1. The first kappa shape index (κ1) is 15.8. The molecule has 0 spiro atoms. The third-order valence-electron chi connectivity index (χ3n) is 3.39. The molecule has 1 fully saturated rings. The average molecular weight is 296 g/mol. The Morgan fingerprint density at radius 3 is 2.86 bits per heavy atom. The molecule has 2 rings (SSSR count). The van der Waals surface area contributed by atoms with E-state index in [1.165, 1.54) is 0 Å². The van der Waals surface area contributed by atoms with E-state index in [1.54, 1.807) is 10.9 Å². The van der Waals surface area contributed by atoms with E-state index in [4.69, 9.17) is 9.47 Å². The van der Waals surface area contributed by atoms with Gasteiger partial charge in [-0.3, -0.25) is 14.4 Å². The summed E-state index contributed by atoms with van der Waals surface area (Å²) in [4.78, 5) is 14.5. The number of nitrogens with zero attached hydrogens (tertiary/aromatic N) is 3. The standard InChI is InChI=1S/C14H24N4O3/c1-3-18-11-12(14(16-18)21-4-2)13(19)15-5-6-17-7-9-20-10-8-17/h11H,3-10H2,1-2H3,(H,15,19). The lowest BCUT2D eigenvalue weighted by Gasteiger charge is -2.26. The van der Waals surface area contributed by atoms with Gasteiger partial charge in [0.25, 0.3) is 5.91 Å². The first-order chi connectivity index (χ1) is 10.2. The molecule has 7 nitrogen and oxygen atoms in total. The van der Waals surface area contributed by atoms with E-state index < -0.39 is 0 Å². The van der Waals surface area contributed by atoms with Crippen LogP contribution in [0.25, 0.3) is 0 Å². The molecule has 1 aromatic rings. The van der Waals surface area contributed by atoms with Crippen molar-refractivity contribution >= 4 is 5.91 Å². The number of amides is 1. The molecule has 118 valence electrons. The van der Waals surface area contributed by atoms with Crippen molar-refractivity contribution in [3.63, 3.8) is 0 Å². The van der Waals surface area contributed by atoms with E-state index in [0.29, 0.717) is 31.1 Å². The molecule has 0 unspecified atom stereocenters. The van der Waals surface area contributed by atoms with Gasteiger partial charge in [0, 0.05) is 38.9 Å². The summed E-state index contributed by atoms with van der Waals surface area (Å²) in [6.07, 6.45) is 1.73. The number of hydrogen-bond donors (Lipinski definition) is 1. The fourth-order valence-electron chi connectivity index (χ4n) is 2.21. The maximum atomic E-state index is 12.2. The van der Waals surface area contributed by atoms with Crippen molar-refractivity contribution in [3.8, 4) is 5.88 Å². The smallest absolute Gasteiger partial charge is 0.258 e. The van der Waals surface area contributed by atoms with E-state index in [9.17, 15) is 4.79 Å². The largest absolute Gasteiger partial charge is 0.476 e. The molecule has 1 amide bonds. The Kier molecular flexibility index (Phi) is 6.01. The van der Waals surface area contributed by atoms with Crippen molar-refractivity contribution in [1.29, 1.82) is 0 Å². The summed E-state index contributed by atoms with van der Waals surface area (Å²) in [5.74, 6) is 0.273. The molecule has 0 aliphatic carbocycles. The fraction of sp³-hybridized carbons (Fsp3) is 0.714. The molecule has 21 heavy (non-hydrogen) atoms. The van der Waals surface area contributed by atoms with Crippen molar-refractivity contribution in [2.45, 2.75) is 20.4 Å². The van der Waals surface area contributed by atoms with Crippen LogP contribution in [0, 0.1) is 0 Å². The van der Waals surface area contributed by atoms with E-state index in [1.807, 2.05) is 13.8 Å². The number of carbonyl (C=O) groups excluding carboxylic acids is 1. The molecule has 1 aliphatic rings. The Hall–Kier alpha value is -1.60. The molecule has 1 aromatic heterocycles. The predicted octanol–water partition coefficient (Wildman–Crippen LogP) is 0.364. The Bertz CT molecular complexity index is 455. The molecule has 1 N–H and O–H groups in total. The monoisotopic (exact) mass is 296 g/mol. The quantitative estimate of drug-likeness (QED) is 0.787. The highest BCUT2D eigenvalue weighted by molar-refractivity contribution is 5.96. The number of rotatable bonds is 7. The number of carbonyl (C=O) groups is 1. The Labute approximate surface area is 125 Å². The van der Waals surface area contributed by atoms with Gasteiger partial charge in [0.2, 0.25) is 5.88 Å². The Morgan fingerprint density at radius 2 is 2.19 bits per heavy atom. The predicted molar refractivity (Wildman–Crippen MR) is 78.7 cm³/mol. The first-order valence-corrected chi connectivity index (χ1v) is 7.53. The minimum atomic E-state index is -0.133. The SMILES string of the molecule is CCOc1nn(CC)cc1C(=O)NCCN1CCOCC1. The zero-order valence-corrected chi connectivity index (χ0v) is 12.8. The zero-order chi connectivity index (χ0) is 15.1. The Balaban J connectivity index is 1.85. The summed E-state index contributed by atoms with van der Waals surface area (Å²) in [5.41, 5.74) is 0.501. The second-order valence-corrected chi connectivity index (χ2v) is 4.85. The van der Waals surface area contributed by atoms with Gasteiger partial charge in [0.15, 0.2) is 0 Å². The molecule has 0 bridgehead atoms. The van der Waals surface area contributed by atoms with E-state index in [2.05, 4.69) is 15.3 Å². The molecule has 0 saturated carbocycles. The number of nitrogens with one attached hydrogen (secondary N) is 1. The van der Waals surface area contributed by atoms with Crippen LogP contribution in [0.5, 0.6) is 5.88 Å². The van der Waals surface area contributed by atoms with Gasteiger partial charge in [-0.1, -0.05) is 0 Å². The summed E-state index contributed by atoms with van der Waals surface area (Å²) in [7, 11) is 0. The van der Waals surface area contributed by atoms with Crippen molar-refractivity contribution in [3.05, 3.63) is 11.8 Å². The lowest BCUT2D eigenvalue weighted by Crippen LogP contribution is -2.41. The highest BCUT2D eigenvalue weighted by Crippen LogP contribution is 2.15. The summed E-state index contributed by atoms with van der Waals surface area (Å²) >= 11 is 0. The minimum Gasteiger partial charge on any atom is -0.476 e. The lowest BCUT2D eigenvalue weighted by atomic mass is 10.3. The maximum absolute atomic E-state index is 12.2. The number of aromatic nitrogens is 2. The van der Waals surface area contributed by atoms with Gasteiger partial charge < -0.3 is 14.8 Å². The molecule has 1 saturated heterocycles. The van der Waals surface area contributed by atoms with Crippen LogP contribution in [0.15, 0.2) is 6.20 Å². The third kappa shape index (κ3) is 4.44. The van der Waals surface area contributed by atoms with Crippen molar-refractivity contribution in [2.24, 2.45) is 0 Å². The van der Waals surface area contributed by atoms with E-state index in [0.717, 1.165) is 32.8 Å².